The van der Waals surface area contributed by atoms with E-state index in [4.69, 9.17) is 0 Å². The number of benzene rings is 1. The summed E-state index contributed by atoms with van der Waals surface area (Å²) in [6.07, 6.45) is -3.34. The average molecular weight is 309 g/mol. The van der Waals surface area contributed by atoms with Crippen molar-refractivity contribution in [1.29, 1.82) is 0 Å². The van der Waals surface area contributed by atoms with Crippen molar-refractivity contribution >= 4 is 18.3 Å². The normalized spacial score (nSPS) is 18.4. The SMILES string of the molecule is Cl.O=C(Cc1ccc(C(F)(F)F)cc1)NC1CCNC1. The Bertz CT molecular complexity index is 442. The molecule has 1 aliphatic heterocycles. The van der Waals surface area contributed by atoms with Crippen LogP contribution in [0, 0.1) is 0 Å². The highest BCUT2D eigenvalue weighted by Crippen LogP contribution is 2.29. The molecule has 1 saturated heterocycles. The fraction of sp³-hybridized carbons (Fsp3) is 0.462. The van der Waals surface area contributed by atoms with E-state index in [0.717, 1.165) is 31.6 Å². The van der Waals surface area contributed by atoms with Gasteiger partial charge in [-0.05, 0) is 30.7 Å². The number of alkyl halides is 3. The lowest BCUT2D eigenvalue weighted by molar-refractivity contribution is -0.137. The van der Waals surface area contributed by atoms with Crippen LogP contribution in [0.4, 0.5) is 13.2 Å². The molecule has 0 bridgehead atoms. The number of halogens is 4. The maximum atomic E-state index is 12.4. The average Bonchev–Trinajstić information content (AvgIpc) is 2.81. The van der Waals surface area contributed by atoms with Crippen molar-refractivity contribution in [1.82, 2.24) is 10.6 Å². The minimum absolute atomic E-state index is 0. The van der Waals surface area contributed by atoms with Gasteiger partial charge in [-0.2, -0.15) is 13.2 Å². The van der Waals surface area contributed by atoms with Gasteiger partial charge in [0.15, 0.2) is 0 Å². The van der Waals surface area contributed by atoms with Crippen LogP contribution in [0.5, 0.6) is 0 Å². The van der Waals surface area contributed by atoms with Gasteiger partial charge in [-0.15, -0.1) is 12.4 Å². The topological polar surface area (TPSA) is 41.1 Å². The number of carbonyl (C=O) groups excluding carboxylic acids is 1. The first-order valence-electron chi connectivity index (χ1n) is 6.11. The molecule has 0 aliphatic carbocycles. The van der Waals surface area contributed by atoms with Crippen LogP contribution in [0.3, 0.4) is 0 Å². The van der Waals surface area contributed by atoms with Crippen molar-refractivity contribution in [3.63, 3.8) is 0 Å². The van der Waals surface area contributed by atoms with Crippen molar-refractivity contribution in [2.24, 2.45) is 0 Å². The van der Waals surface area contributed by atoms with Crippen molar-refractivity contribution in [3.05, 3.63) is 35.4 Å². The number of carbonyl (C=O) groups is 1. The van der Waals surface area contributed by atoms with Crippen LogP contribution in [0.15, 0.2) is 24.3 Å². The Hall–Kier alpha value is -1.27. The Morgan fingerprint density at radius 1 is 1.30 bits per heavy atom. The summed E-state index contributed by atoms with van der Waals surface area (Å²) in [6.45, 7) is 1.63. The first-order chi connectivity index (χ1) is 8.95. The summed E-state index contributed by atoms with van der Waals surface area (Å²) >= 11 is 0. The van der Waals surface area contributed by atoms with Crippen LogP contribution < -0.4 is 10.6 Å². The molecule has 0 spiro atoms. The fourth-order valence-electron chi connectivity index (χ4n) is 2.05. The molecule has 1 heterocycles. The third-order valence-electron chi connectivity index (χ3n) is 3.07. The highest BCUT2D eigenvalue weighted by molar-refractivity contribution is 5.85. The van der Waals surface area contributed by atoms with Crippen molar-refractivity contribution in [2.75, 3.05) is 13.1 Å². The van der Waals surface area contributed by atoms with Gasteiger partial charge in [0.1, 0.15) is 0 Å². The van der Waals surface area contributed by atoms with E-state index in [1.807, 2.05) is 0 Å². The number of amides is 1. The maximum Gasteiger partial charge on any atom is 0.416 e. The lowest BCUT2D eigenvalue weighted by Crippen LogP contribution is -2.37. The van der Waals surface area contributed by atoms with E-state index < -0.39 is 11.7 Å². The van der Waals surface area contributed by atoms with Crippen LogP contribution >= 0.6 is 12.4 Å². The van der Waals surface area contributed by atoms with Gasteiger partial charge in [0.25, 0.3) is 0 Å². The number of hydrogen-bond donors (Lipinski definition) is 2. The first kappa shape index (κ1) is 16.8. The molecule has 1 amide bonds. The van der Waals surface area contributed by atoms with Crippen molar-refractivity contribution < 1.29 is 18.0 Å². The molecule has 1 unspecified atom stereocenters. The quantitative estimate of drug-likeness (QED) is 0.898. The van der Waals surface area contributed by atoms with Crippen LogP contribution in [-0.4, -0.2) is 25.0 Å². The van der Waals surface area contributed by atoms with Gasteiger partial charge in [0.2, 0.25) is 5.91 Å². The zero-order valence-electron chi connectivity index (χ0n) is 10.7. The summed E-state index contributed by atoms with van der Waals surface area (Å²) in [5, 5.41) is 5.97. The Morgan fingerprint density at radius 3 is 2.45 bits per heavy atom. The van der Waals surface area contributed by atoms with Gasteiger partial charge in [0, 0.05) is 12.6 Å². The Balaban J connectivity index is 0.00000200. The molecule has 7 heteroatoms. The zero-order valence-corrected chi connectivity index (χ0v) is 11.5. The van der Waals surface area contributed by atoms with E-state index in [2.05, 4.69) is 10.6 Å². The molecule has 1 aromatic carbocycles. The van der Waals surface area contributed by atoms with E-state index in [1.54, 1.807) is 0 Å². The molecular formula is C13H16ClF3N2O. The van der Waals surface area contributed by atoms with E-state index in [1.165, 1.54) is 12.1 Å². The van der Waals surface area contributed by atoms with Gasteiger partial charge in [0.05, 0.1) is 12.0 Å². The third kappa shape index (κ3) is 4.68. The Morgan fingerprint density at radius 2 is 1.95 bits per heavy atom. The van der Waals surface area contributed by atoms with Gasteiger partial charge in [-0.3, -0.25) is 4.79 Å². The molecule has 1 aromatic rings. The lowest BCUT2D eigenvalue weighted by Gasteiger charge is -2.11. The molecule has 0 aromatic heterocycles. The van der Waals surface area contributed by atoms with Gasteiger partial charge < -0.3 is 10.6 Å². The summed E-state index contributed by atoms with van der Waals surface area (Å²) in [4.78, 5) is 11.7. The van der Waals surface area contributed by atoms with Gasteiger partial charge >= 0.3 is 6.18 Å². The van der Waals surface area contributed by atoms with Crippen LogP contribution in [0.25, 0.3) is 0 Å². The van der Waals surface area contributed by atoms with Crippen molar-refractivity contribution in [3.8, 4) is 0 Å². The largest absolute Gasteiger partial charge is 0.416 e. The minimum Gasteiger partial charge on any atom is -0.352 e. The smallest absolute Gasteiger partial charge is 0.352 e. The predicted molar refractivity (Wildman–Crippen MR) is 71.8 cm³/mol. The first-order valence-corrected chi connectivity index (χ1v) is 6.11. The van der Waals surface area contributed by atoms with Gasteiger partial charge in [-0.1, -0.05) is 12.1 Å². The molecule has 0 saturated carbocycles. The molecular weight excluding hydrogens is 293 g/mol. The summed E-state index contributed by atoms with van der Waals surface area (Å²) in [5.41, 5.74) is -0.117. The summed E-state index contributed by atoms with van der Waals surface area (Å²) < 4.78 is 37.1. The zero-order chi connectivity index (χ0) is 13.9. The molecule has 20 heavy (non-hydrogen) atoms. The van der Waals surface area contributed by atoms with E-state index in [0.29, 0.717) is 5.56 Å². The molecule has 1 aliphatic rings. The number of rotatable bonds is 3. The fourth-order valence-corrected chi connectivity index (χ4v) is 2.05. The second-order valence-electron chi connectivity index (χ2n) is 4.63. The molecule has 112 valence electrons. The minimum atomic E-state index is -4.34. The molecule has 2 rings (SSSR count). The van der Waals surface area contributed by atoms with Crippen molar-refractivity contribution in [2.45, 2.75) is 25.1 Å². The Labute approximate surface area is 121 Å². The number of hydrogen-bond acceptors (Lipinski definition) is 2. The Kier molecular flexibility index (Phi) is 5.83. The second-order valence-corrected chi connectivity index (χ2v) is 4.63. The highest BCUT2D eigenvalue weighted by atomic mass is 35.5. The van der Waals surface area contributed by atoms with Gasteiger partial charge in [-0.25, -0.2) is 0 Å². The summed E-state index contributed by atoms with van der Waals surface area (Å²) in [7, 11) is 0. The lowest BCUT2D eigenvalue weighted by atomic mass is 10.1. The molecule has 1 fully saturated rings. The van der Waals surface area contributed by atoms with E-state index >= 15 is 0 Å². The van der Waals surface area contributed by atoms with Crippen LogP contribution in [-0.2, 0) is 17.4 Å². The molecule has 1 atom stereocenters. The molecule has 2 N–H and O–H groups in total. The van der Waals surface area contributed by atoms with E-state index in [9.17, 15) is 18.0 Å². The maximum absolute atomic E-state index is 12.4. The second kappa shape index (κ2) is 6.95. The monoisotopic (exact) mass is 308 g/mol. The number of nitrogens with one attached hydrogen (secondary N) is 2. The van der Waals surface area contributed by atoms with E-state index in [-0.39, 0.29) is 30.8 Å². The summed E-state index contributed by atoms with van der Waals surface area (Å²) in [6, 6.07) is 4.81. The molecule has 3 nitrogen and oxygen atoms in total. The summed E-state index contributed by atoms with van der Waals surface area (Å²) in [5.74, 6) is -0.159. The highest BCUT2D eigenvalue weighted by Gasteiger charge is 2.30. The van der Waals surface area contributed by atoms with Crippen LogP contribution in [0.2, 0.25) is 0 Å². The third-order valence-corrected chi connectivity index (χ3v) is 3.07. The molecule has 0 radical (unpaired) electrons. The van der Waals surface area contributed by atoms with Crippen LogP contribution in [0.1, 0.15) is 17.5 Å². The standard InChI is InChI=1S/C13H15F3N2O.ClH/c14-13(15,16)10-3-1-9(2-4-10)7-12(19)18-11-5-6-17-8-11;/h1-4,11,17H,5-8H2,(H,18,19);1H. The predicted octanol–water partition coefficient (Wildman–Crippen LogP) is 2.15.